The molecule has 0 spiro atoms. The first kappa shape index (κ1) is 15.6. The van der Waals surface area contributed by atoms with Crippen LogP contribution in [0.15, 0.2) is 30.6 Å². The van der Waals surface area contributed by atoms with E-state index in [9.17, 15) is 22.8 Å². The average Bonchev–Trinajstić information content (AvgIpc) is 2.52. The maximum Gasteiger partial charge on any atom is 0.451 e. The molecule has 2 rings (SSSR count). The first-order chi connectivity index (χ1) is 10.4. The second-order valence-corrected chi connectivity index (χ2v) is 4.20. The Hall–Kier alpha value is -2.77. The van der Waals surface area contributed by atoms with Crippen LogP contribution in [0.1, 0.15) is 26.5 Å². The highest BCUT2D eigenvalue weighted by molar-refractivity contribution is 5.95. The highest BCUT2D eigenvalue weighted by Crippen LogP contribution is 2.28. The third-order valence-electron chi connectivity index (χ3n) is 2.82. The van der Waals surface area contributed by atoms with Gasteiger partial charge in [0.25, 0.3) is 0 Å². The molecule has 0 saturated carbocycles. The molecule has 0 aliphatic carbocycles. The summed E-state index contributed by atoms with van der Waals surface area (Å²) in [6.45, 7) is 0. The molecule has 0 fully saturated rings. The quantitative estimate of drug-likeness (QED) is 0.644. The molecule has 0 atom stereocenters. The van der Waals surface area contributed by atoms with E-state index in [1.807, 2.05) is 0 Å². The van der Waals surface area contributed by atoms with Crippen molar-refractivity contribution in [3.05, 3.63) is 47.5 Å². The van der Waals surface area contributed by atoms with Gasteiger partial charge in [-0.2, -0.15) is 13.2 Å². The topological polar surface area (TPSA) is 69.2 Å². The van der Waals surface area contributed by atoms with E-state index in [-0.39, 0.29) is 16.7 Å². The van der Waals surface area contributed by atoms with Crippen molar-refractivity contribution in [1.82, 2.24) is 9.97 Å². The maximum absolute atomic E-state index is 12.4. The summed E-state index contributed by atoms with van der Waals surface area (Å²) in [5.74, 6) is -1.89. The van der Waals surface area contributed by atoms with Crippen molar-refractivity contribution in [2.45, 2.75) is 6.18 Å². The number of aromatic nitrogens is 2. The number of carbonyl (C=O) groups excluding carboxylic acids is 2. The van der Waals surface area contributed by atoms with Crippen LogP contribution < -0.4 is 0 Å². The third kappa shape index (κ3) is 3.11. The minimum Gasteiger partial charge on any atom is -0.465 e. The molecule has 1 heterocycles. The first-order valence-corrected chi connectivity index (χ1v) is 5.94. The SMILES string of the molecule is COC(=O)c1ccc(-c2cnc(C(F)(F)F)nc2)c(C=O)c1. The van der Waals surface area contributed by atoms with Gasteiger partial charge in [0.2, 0.25) is 5.82 Å². The highest BCUT2D eigenvalue weighted by Gasteiger charge is 2.34. The van der Waals surface area contributed by atoms with E-state index in [4.69, 9.17) is 0 Å². The second kappa shape index (κ2) is 5.92. The molecule has 0 radical (unpaired) electrons. The van der Waals surface area contributed by atoms with Crippen molar-refractivity contribution in [3.8, 4) is 11.1 Å². The van der Waals surface area contributed by atoms with E-state index in [1.54, 1.807) is 0 Å². The first-order valence-electron chi connectivity index (χ1n) is 5.94. The molecule has 0 amide bonds. The van der Waals surface area contributed by atoms with Crippen LogP contribution in [-0.4, -0.2) is 29.3 Å². The van der Waals surface area contributed by atoms with Crippen LogP contribution in [0.2, 0.25) is 0 Å². The van der Waals surface area contributed by atoms with Crippen LogP contribution >= 0.6 is 0 Å². The summed E-state index contributed by atoms with van der Waals surface area (Å²) in [5.41, 5.74) is 0.815. The molecule has 1 aromatic heterocycles. The van der Waals surface area contributed by atoms with Gasteiger partial charge in [0, 0.05) is 23.5 Å². The predicted octanol–water partition coefficient (Wildman–Crippen LogP) is 2.76. The van der Waals surface area contributed by atoms with Gasteiger partial charge in [0.05, 0.1) is 12.7 Å². The molecule has 8 heteroatoms. The molecule has 1 aromatic carbocycles. The Labute approximate surface area is 122 Å². The summed E-state index contributed by atoms with van der Waals surface area (Å²) in [7, 11) is 1.19. The number of rotatable bonds is 3. The smallest absolute Gasteiger partial charge is 0.451 e. The van der Waals surface area contributed by atoms with Crippen LogP contribution in [-0.2, 0) is 10.9 Å². The van der Waals surface area contributed by atoms with Crippen molar-refractivity contribution in [2.75, 3.05) is 7.11 Å². The Bertz CT molecular complexity index is 712. The minimum absolute atomic E-state index is 0.117. The zero-order valence-electron chi connectivity index (χ0n) is 11.2. The van der Waals surface area contributed by atoms with E-state index < -0.39 is 18.0 Å². The van der Waals surface area contributed by atoms with Gasteiger partial charge in [0.1, 0.15) is 0 Å². The van der Waals surface area contributed by atoms with Crippen molar-refractivity contribution in [1.29, 1.82) is 0 Å². The largest absolute Gasteiger partial charge is 0.465 e. The van der Waals surface area contributed by atoms with Gasteiger partial charge in [-0.15, -0.1) is 0 Å². The summed E-state index contributed by atoms with van der Waals surface area (Å²) in [5, 5.41) is 0. The lowest BCUT2D eigenvalue weighted by molar-refractivity contribution is -0.144. The zero-order chi connectivity index (χ0) is 16.3. The average molecular weight is 310 g/mol. The molecular weight excluding hydrogens is 301 g/mol. The number of aldehydes is 1. The van der Waals surface area contributed by atoms with Gasteiger partial charge in [-0.05, 0) is 17.7 Å². The van der Waals surface area contributed by atoms with Gasteiger partial charge >= 0.3 is 12.1 Å². The Balaban J connectivity index is 2.44. The lowest BCUT2D eigenvalue weighted by atomic mass is 10.0. The molecule has 0 aliphatic heterocycles. The van der Waals surface area contributed by atoms with E-state index >= 15 is 0 Å². The van der Waals surface area contributed by atoms with Gasteiger partial charge in [0.15, 0.2) is 6.29 Å². The molecule has 0 unspecified atom stereocenters. The zero-order valence-corrected chi connectivity index (χ0v) is 11.2. The Kier molecular flexibility index (Phi) is 4.20. The Morgan fingerprint density at radius 3 is 2.36 bits per heavy atom. The lowest BCUT2D eigenvalue weighted by Crippen LogP contribution is -2.10. The van der Waals surface area contributed by atoms with Crippen molar-refractivity contribution < 1.29 is 27.5 Å². The van der Waals surface area contributed by atoms with Crippen LogP contribution in [0.4, 0.5) is 13.2 Å². The number of benzene rings is 1. The number of nitrogens with zero attached hydrogens (tertiary/aromatic N) is 2. The molecule has 114 valence electrons. The standard InChI is InChI=1S/C14H9F3N2O3/c1-22-12(21)8-2-3-11(9(4-8)7-20)10-5-18-13(19-6-10)14(15,16)17/h2-7H,1H3. The van der Waals surface area contributed by atoms with Crippen LogP contribution in [0.3, 0.4) is 0 Å². The van der Waals surface area contributed by atoms with Gasteiger partial charge < -0.3 is 4.74 Å². The van der Waals surface area contributed by atoms with E-state index in [0.717, 1.165) is 12.4 Å². The summed E-state index contributed by atoms with van der Waals surface area (Å²) < 4.78 is 41.8. The summed E-state index contributed by atoms with van der Waals surface area (Å²) >= 11 is 0. The van der Waals surface area contributed by atoms with Crippen molar-refractivity contribution in [3.63, 3.8) is 0 Å². The monoisotopic (exact) mass is 310 g/mol. The van der Waals surface area contributed by atoms with E-state index in [2.05, 4.69) is 14.7 Å². The van der Waals surface area contributed by atoms with Gasteiger partial charge in [-0.25, -0.2) is 14.8 Å². The fourth-order valence-electron chi connectivity index (χ4n) is 1.78. The normalized spacial score (nSPS) is 11.1. The van der Waals surface area contributed by atoms with Crippen molar-refractivity contribution in [2.24, 2.45) is 0 Å². The number of ether oxygens (including phenoxy) is 1. The maximum atomic E-state index is 12.4. The summed E-state index contributed by atoms with van der Waals surface area (Å²) in [6, 6.07) is 4.10. The molecule has 0 bridgehead atoms. The Morgan fingerprint density at radius 2 is 1.86 bits per heavy atom. The Morgan fingerprint density at radius 1 is 1.23 bits per heavy atom. The fourth-order valence-corrected chi connectivity index (χ4v) is 1.78. The summed E-state index contributed by atoms with van der Waals surface area (Å²) in [6.07, 6.45) is -2.22. The molecule has 0 N–H and O–H groups in total. The fraction of sp³-hybridized carbons (Fsp3) is 0.143. The minimum atomic E-state index is -4.64. The number of methoxy groups -OCH3 is 1. The number of hydrogen-bond donors (Lipinski definition) is 0. The lowest BCUT2D eigenvalue weighted by Gasteiger charge is -2.08. The number of hydrogen-bond acceptors (Lipinski definition) is 5. The highest BCUT2D eigenvalue weighted by atomic mass is 19.4. The number of carbonyl (C=O) groups is 2. The third-order valence-corrected chi connectivity index (χ3v) is 2.82. The molecular formula is C14H9F3N2O3. The van der Waals surface area contributed by atoms with Crippen LogP contribution in [0, 0.1) is 0 Å². The molecule has 5 nitrogen and oxygen atoms in total. The molecule has 2 aromatic rings. The number of esters is 1. The van der Waals surface area contributed by atoms with Crippen LogP contribution in [0.5, 0.6) is 0 Å². The van der Waals surface area contributed by atoms with Gasteiger partial charge in [-0.3, -0.25) is 4.79 Å². The van der Waals surface area contributed by atoms with Crippen molar-refractivity contribution >= 4 is 12.3 Å². The number of alkyl halides is 3. The van der Waals surface area contributed by atoms with Crippen LogP contribution in [0.25, 0.3) is 11.1 Å². The molecule has 0 aliphatic rings. The van der Waals surface area contributed by atoms with Gasteiger partial charge in [-0.1, -0.05) is 6.07 Å². The summed E-state index contributed by atoms with van der Waals surface area (Å²) in [4.78, 5) is 29.0. The van der Waals surface area contributed by atoms with E-state index in [0.29, 0.717) is 11.8 Å². The molecule has 0 saturated heterocycles. The predicted molar refractivity (Wildman–Crippen MR) is 69.2 cm³/mol. The van der Waals surface area contributed by atoms with E-state index in [1.165, 1.54) is 25.3 Å². The number of halogens is 3. The molecule has 22 heavy (non-hydrogen) atoms. The second-order valence-electron chi connectivity index (χ2n) is 4.20.